The zero-order valence-electron chi connectivity index (χ0n) is 16.1. The average molecular weight is 373 g/mol. The molecule has 3 amide bonds. The largest absolute Gasteiger partial charge is 0.369 e. The molecule has 7 nitrogen and oxygen atoms in total. The molecule has 0 aromatic heterocycles. The number of nitrogens with zero attached hydrogens (tertiary/aromatic N) is 2. The fourth-order valence-corrected chi connectivity index (χ4v) is 3.86. The van der Waals surface area contributed by atoms with Crippen LogP contribution < -0.4 is 5.73 Å². The Bertz CT molecular complexity index is 755. The van der Waals surface area contributed by atoms with E-state index in [0.717, 1.165) is 11.1 Å². The number of carbonyl (C=O) groups excluding carboxylic acids is 3. The summed E-state index contributed by atoms with van der Waals surface area (Å²) in [4.78, 5) is 40.4. The molecule has 2 atom stereocenters. The highest BCUT2D eigenvalue weighted by Crippen LogP contribution is 2.35. The smallest absolute Gasteiger partial charge is 0.254 e. The van der Waals surface area contributed by atoms with Crippen LogP contribution in [0.1, 0.15) is 36.9 Å². The molecule has 2 fully saturated rings. The standard InChI is InChI=1S/C20H27N3O4/c1-13-6-4-5-7-14(13)16-17(27-12-15(24)22(16)3)18(25)23-10-8-20(2,9-11-23)19(21)26/h4-7,16-17H,8-12H2,1-3H3,(H2,21,26)/t16-,17+/m1/s1. The summed E-state index contributed by atoms with van der Waals surface area (Å²) in [7, 11) is 1.71. The van der Waals surface area contributed by atoms with Crippen molar-refractivity contribution in [2.45, 2.75) is 38.8 Å². The molecular weight excluding hydrogens is 346 g/mol. The van der Waals surface area contributed by atoms with Crippen molar-refractivity contribution in [3.05, 3.63) is 35.4 Å². The second-order valence-electron chi connectivity index (χ2n) is 7.79. The molecule has 2 heterocycles. The molecule has 0 radical (unpaired) electrons. The molecule has 27 heavy (non-hydrogen) atoms. The van der Waals surface area contributed by atoms with E-state index < -0.39 is 17.6 Å². The van der Waals surface area contributed by atoms with Crippen molar-refractivity contribution in [1.29, 1.82) is 0 Å². The predicted octanol–water partition coefficient (Wildman–Crippen LogP) is 1.01. The van der Waals surface area contributed by atoms with Crippen LogP contribution in [0, 0.1) is 12.3 Å². The Hall–Kier alpha value is -2.41. The normalized spacial score (nSPS) is 25.4. The molecule has 146 valence electrons. The van der Waals surface area contributed by atoms with E-state index in [-0.39, 0.29) is 24.3 Å². The first kappa shape index (κ1) is 19.4. The minimum Gasteiger partial charge on any atom is -0.369 e. The van der Waals surface area contributed by atoms with Crippen molar-refractivity contribution in [1.82, 2.24) is 9.80 Å². The molecule has 7 heteroatoms. The number of hydrogen-bond donors (Lipinski definition) is 1. The Morgan fingerprint density at radius 2 is 1.85 bits per heavy atom. The Morgan fingerprint density at radius 3 is 2.44 bits per heavy atom. The van der Waals surface area contributed by atoms with E-state index in [1.807, 2.05) is 38.1 Å². The van der Waals surface area contributed by atoms with Gasteiger partial charge in [-0.25, -0.2) is 0 Å². The number of amides is 3. The van der Waals surface area contributed by atoms with Crippen LogP contribution in [-0.2, 0) is 19.1 Å². The summed E-state index contributed by atoms with van der Waals surface area (Å²) in [5.41, 5.74) is 6.84. The number of morpholine rings is 1. The maximum absolute atomic E-state index is 13.2. The van der Waals surface area contributed by atoms with Crippen molar-refractivity contribution in [3.63, 3.8) is 0 Å². The number of aryl methyl sites for hydroxylation is 1. The number of likely N-dealkylation sites (tertiary alicyclic amines) is 1. The van der Waals surface area contributed by atoms with Crippen LogP contribution in [0.3, 0.4) is 0 Å². The van der Waals surface area contributed by atoms with Crippen molar-refractivity contribution < 1.29 is 19.1 Å². The molecular formula is C20H27N3O4. The van der Waals surface area contributed by atoms with E-state index in [4.69, 9.17) is 10.5 Å². The first-order valence-corrected chi connectivity index (χ1v) is 9.26. The van der Waals surface area contributed by atoms with E-state index in [9.17, 15) is 14.4 Å². The minimum absolute atomic E-state index is 0.109. The third kappa shape index (κ3) is 3.56. The lowest BCUT2D eigenvalue weighted by atomic mass is 9.79. The maximum Gasteiger partial charge on any atom is 0.254 e. The molecule has 0 saturated carbocycles. The van der Waals surface area contributed by atoms with Gasteiger partial charge in [0.05, 0.1) is 6.04 Å². The van der Waals surface area contributed by atoms with E-state index >= 15 is 0 Å². The number of rotatable bonds is 3. The lowest BCUT2D eigenvalue weighted by molar-refractivity contribution is -0.169. The Balaban J connectivity index is 1.83. The topological polar surface area (TPSA) is 92.9 Å². The van der Waals surface area contributed by atoms with Crippen LogP contribution in [-0.4, -0.2) is 60.4 Å². The quantitative estimate of drug-likeness (QED) is 0.856. The molecule has 0 unspecified atom stereocenters. The van der Waals surface area contributed by atoms with Gasteiger partial charge < -0.3 is 20.3 Å². The van der Waals surface area contributed by atoms with E-state index in [2.05, 4.69) is 0 Å². The number of piperidine rings is 1. The van der Waals surface area contributed by atoms with Gasteiger partial charge in [0.2, 0.25) is 11.8 Å². The van der Waals surface area contributed by atoms with Gasteiger partial charge in [-0.15, -0.1) is 0 Å². The van der Waals surface area contributed by atoms with Crippen LogP contribution in [0.2, 0.25) is 0 Å². The fourth-order valence-electron chi connectivity index (χ4n) is 3.86. The summed E-state index contributed by atoms with van der Waals surface area (Å²) in [6.45, 7) is 4.61. The lowest BCUT2D eigenvalue weighted by Gasteiger charge is -2.43. The van der Waals surface area contributed by atoms with Gasteiger partial charge in [-0.3, -0.25) is 14.4 Å². The summed E-state index contributed by atoms with van der Waals surface area (Å²) in [5.74, 6) is -0.618. The lowest BCUT2D eigenvalue weighted by Crippen LogP contribution is -2.56. The SMILES string of the molecule is Cc1ccccc1[C@@H]1[C@@H](C(=O)N2CCC(C)(C(N)=O)CC2)OCC(=O)N1C. The van der Waals surface area contributed by atoms with Crippen LogP contribution in [0.15, 0.2) is 24.3 Å². The second kappa shape index (κ2) is 7.31. The highest BCUT2D eigenvalue weighted by atomic mass is 16.5. The Labute approximate surface area is 159 Å². The van der Waals surface area contributed by atoms with E-state index in [1.165, 1.54) is 0 Å². The molecule has 2 saturated heterocycles. The van der Waals surface area contributed by atoms with Gasteiger partial charge in [0.25, 0.3) is 5.91 Å². The van der Waals surface area contributed by atoms with Crippen molar-refractivity contribution in [2.75, 3.05) is 26.7 Å². The zero-order chi connectivity index (χ0) is 19.8. The van der Waals surface area contributed by atoms with Crippen LogP contribution in [0.25, 0.3) is 0 Å². The number of ether oxygens (including phenoxy) is 1. The second-order valence-corrected chi connectivity index (χ2v) is 7.79. The maximum atomic E-state index is 13.2. The molecule has 2 aliphatic rings. The van der Waals surface area contributed by atoms with Crippen LogP contribution in [0.4, 0.5) is 0 Å². The van der Waals surface area contributed by atoms with Gasteiger partial charge in [-0.1, -0.05) is 31.2 Å². The van der Waals surface area contributed by atoms with E-state index in [0.29, 0.717) is 25.9 Å². The van der Waals surface area contributed by atoms with Gasteiger partial charge in [0.15, 0.2) is 6.10 Å². The zero-order valence-corrected chi connectivity index (χ0v) is 16.1. The molecule has 0 bridgehead atoms. The van der Waals surface area contributed by atoms with Crippen LogP contribution in [0.5, 0.6) is 0 Å². The monoisotopic (exact) mass is 373 g/mol. The Kier molecular flexibility index (Phi) is 5.24. The summed E-state index contributed by atoms with van der Waals surface area (Å²) < 4.78 is 5.72. The molecule has 0 aliphatic carbocycles. The van der Waals surface area contributed by atoms with Gasteiger partial charge in [-0.05, 0) is 30.9 Å². The number of likely N-dealkylation sites (N-methyl/N-ethyl adjacent to an activating group) is 1. The summed E-state index contributed by atoms with van der Waals surface area (Å²) >= 11 is 0. The predicted molar refractivity (Wildman–Crippen MR) is 99.5 cm³/mol. The van der Waals surface area contributed by atoms with Gasteiger partial charge in [0.1, 0.15) is 6.61 Å². The third-order valence-corrected chi connectivity index (χ3v) is 6.01. The summed E-state index contributed by atoms with van der Waals surface area (Å²) in [5, 5.41) is 0. The first-order valence-electron chi connectivity index (χ1n) is 9.26. The molecule has 2 aliphatic heterocycles. The number of nitrogens with two attached hydrogens (primary N) is 1. The molecule has 1 aromatic rings. The van der Waals surface area contributed by atoms with Gasteiger partial charge in [-0.2, -0.15) is 0 Å². The van der Waals surface area contributed by atoms with Gasteiger partial charge in [0, 0.05) is 25.6 Å². The molecule has 3 rings (SSSR count). The fraction of sp³-hybridized carbons (Fsp3) is 0.550. The molecule has 2 N–H and O–H groups in total. The number of primary amides is 1. The first-order chi connectivity index (χ1) is 12.7. The number of carbonyl (C=O) groups is 3. The van der Waals surface area contributed by atoms with Crippen molar-refractivity contribution in [3.8, 4) is 0 Å². The molecule has 1 aromatic carbocycles. The Morgan fingerprint density at radius 1 is 1.22 bits per heavy atom. The highest BCUT2D eigenvalue weighted by Gasteiger charge is 2.44. The van der Waals surface area contributed by atoms with Gasteiger partial charge >= 0.3 is 0 Å². The average Bonchev–Trinajstić information content (AvgIpc) is 2.64. The minimum atomic E-state index is -0.758. The number of benzene rings is 1. The summed E-state index contributed by atoms with van der Waals surface area (Å²) in [6.07, 6.45) is 0.307. The number of hydrogen-bond acceptors (Lipinski definition) is 4. The molecule has 0 spiro atoms. The van der Waals surface area contributed by atoms with Crippen molar-refractivity contribution in [2.24, 2.45) is 11.1 Å². The highest BCUT2D eigenvalue weighted by molar-refractivity contribution is 5.87. The third-order valence-electron chi connectivity index (χ3n) is 6.01. The van der Waals surface area contributed by atoms with Crippen molar-refractivity contribution >= 4 is 17.7 Å². The van der Waals surface area contributed by atoms with E-state index in [1.54, 1.807) is 16.8 Å². The summed E-state index contributed by atoms with van der Waals surface area (Å²) in [6, 6.07) is 7.25. The van der Waals surface area contributed by atoms with Crippen LogP contribution >= 0.6 is 0 Å².